The normalized spacial score (nSPS) is 20.5. The van der Waals surface area contributed by atoms with Gasteiger partial charge in [0.15, 0.2) is 0 Å². The van der Waals surface area contributed by atoms with E-state index in [4.69, 9.17) is 4.74 Å². The lowest BCUT2D eigenvalue weighted by Crippen LogP contribution is -2.32. The highest BCUT2D eigenvalue weighted by molar-refractivity contribution is 5.76. The van der Waals surface area contributed by atoms with Crippen LogP contribution in [0.3, 0.4) is 0 Å². The van der Waals surface area contributed by atoms with Crippen LogP contribution in [0.25, 0.3) is 0 Å². The zero-order valence-electron chi connectivity index (χ0n) is 9.76. The molecule has 3 heteroatoms. The molecule has 1 atom stereocenters. The highest BCUT2D eigenvalue weighted by Crippen LogP contribution is 2.07. The molecular weight excluding hydrogens is 190 g/mol. The van der Waals surface area contributed by atoms with Crippen molar-refractivity contribution in [3.05, 3.63) is 0 Å². The van der Waals surface area contributed by atoms with Gasteiger partial charge in [-0.3, -0.25) is 4.79 Å². The van der Waals surface area contributed by atoms with Gasteiger partial charge in [0.25, 0.3) is 0 Å². The molecule has 0 aromatic heterocycles. The second-order valence-corrected chi connectivity index (χ2v) is 4.23. The molecule has 0 saturated carbocycles. The van der Waals surface area contributed by atoms with Crippen molar-refractivity contribution in [2.24, 2.45) is 0 Å². The van der Waals surface area contributed by atoms with Crippen molar-refractivity contribution in [2.75, 3.05) is 13.2 Å². The maximum absolute atomic E-state index is 11.4. The number of hydrogen-bond donors (Lipinski definition) is 1. The molecule has 0 aliphatic carbocycles. The fourth-order valence-electron chi connectivity index (χ4n) is 1.86. The maximum Gasteiger partial charge on any atom is 0.323 e. The molecule has 3 nitrogen and oxygen atoms in total. The van der Waals surface area contributed by atoms with E-state index in [2.05, 4.69) is 12.2 Å². The van der Waals surface area contributed by atoms with Gasteiger partial charge < -0.3 is 10.1 Å². The van der Waals surface area contributed by atoms with E-state index in [1.165, 1.54) is 25.7 Å². The number of ether oxygens (including phenoxy) is 1. The molecule has 1 N–H and O–H groups in total. The van der Waals surface area contributed by atoms with Crippen molar-refractivity contribution in [1.82, 2.24) is 5.32 Å². The summed E-state index contributed by atoms with van der Waals surface area (Å²) in [6.45, 7) is 3.75. The Bertz CT molecular complexity index is 176. The van der Waals surface area contributed by atoms with Crippen LogP contribution in [0.15, 0.2) is 0 Å². The van der Waals surface area contributed by atoms with Gasteiger partial charge >= 0.3 is 5.97 Å². The zero-order valence-corrected chi connectivity index (χ0v) is 9.76. The standard InChI is InChI=1S/C12H23NO2/c1-2-3-4-5-6-10-15-12(14)11-8-7-9-13-11/h11,13H,2-10H2,1H3/t11-/m1/s1. The molecule has 1 aliphatic heterocycles. The van der Waals surface area contributed by atoms with Gasteiger partial charge in [-0.2, -0.15) is 0 Å². The summed E-state index contributed by atoms with van der Waals surface area (Å²) in [5.74, 6) is -0.0528. The number of carbonyl (C=O) groups is 1. The van der Waals surface area contributed by atoms with E-state index in [0.29, 0.717) is 6.61 Å². The summed E-state index contributed by atoms with van der Waals surface area (Å²) in [5.41, 5.74) is 0. The fraction of sp³-hybridized carbons (Fsp3) is 0.917. The van der Waals surface area contributed by atoms with E-state index in [0.717, 1.165) is 25.8 Å². The van der Waals surface area contributed by atoms with Crippen molar-refractivity contribution < 1.29 is 9.53 Å². The molecule has 15 heavy (non-hydrogen) atoms. The van der Waals surface area contributed by atoms with Gasteiger partial charge in [-0.15, -0.1) is 0 Å². The highest BCUT2D eigenvalue weighted by atomic mass is 16.5. The lowest BCUT2D eigenvalue weighted by Gasteiger charge is -2.09. The molecule has 0 amide bonds. The number of hydrogen-bond acceptors (Lipinski definition) is 3. The number of unbranched alkanes of at least 4 members (excludes halogenated alkanes) is 4. The summed E-state index contributed by atoms with van der Waals surface area (Å²) >= 11 is 0. The van der Waals surface area contributed by atoms with Crippen LogP contribution in [0.2, 0.25) is 0 Å². The van der Waals surface area contributed by atoms with Crippen LogP contribution in [-0.4, -0.2) is 25.2 Å². The molecule has 1 rings (SSSR count). The Balaban J connectivity index is 1.92. The number of nitrogens with one attached hydrogen (secondary N) is 1. The molecule has 0 bridgehead atoms. The molecule has 0 unspecified atom stereocenters. The first-order valence-corrected chi connectivity index (χ1v) is 6.24. The van der Waals surface area contributed by atoms with Crippen molar-refractivity contribution in [3.8, 4) is 0 Å². The first-order chi connectivity index (χ1) is 7.34. The molecule has 88 valence electrons. The Morgan fingerprint density at radius 3 is 2.80 bits per heavy atom. The third-order valence-electron chi connectivity index (χ3n) is 2.84. The Hall–Kier alpha value is -0.570. The van der Waals surface area contributed by atoms with E-state index in [1.807, 2.05) is 0 Å². The number of esters is 1. The maximum atomic E-state index is 11.4. The van der Waals surface area contributed by atoms with Crippen molar-refractivity contribution in [2.45, 2.75) is 57.9 Å². The minimum Gasteiger partial charge on any atom is -0.465 e. The van der Waals surface area contributed by atoms with Crippen LogP contribution in [-0.2, 0) is 9.53 Å². The van der Waals surface area contributed by atoms with Crippen LogP contribution < -0.4 is 5.32 Å². The van der Waals surface area contributed by atoms with Gasteiger partial charge in [-0.05, 0) is 25.8 Å². The lowest BCUT2D eigenvalue weighted by atomic mass is 10.2. The van der Waals surface area contributed by atoms with E-state index >= 15 is 0 Å². The average molecular weight is 213 g/mol. The van der Waals surface area contributed by atoms with Crippen LogP contribution in [0, 0.1) is 0 Å². The molecule has 0 aromatic carbocycles. The van der Waals surface area contributed by atoms with E-state index in [-0.39, 0.29) is 12.0 Å². The van der Waals surface area contributed by atoms with E-state index < -0.39 is 0 Å². The van der Waals surface area contributed by atoms with Gasteiger partial charge in [-0.25, -0.2) is 0 Å². The highest BCUT2D eigenvalue weighted by Gasteiger charge is 2.22. The van der Waals surface area contributed by atoms with Gasteiger partial charge in [0.05, 0.1) is 6.61 Å². The van der Waals surface area contributed by atoms with E-state index in [1.54, 1.807) is 0 Å². The SMILES string of the molecule is CCCCCCCOC(=O)[C@H]1CCCN1. The number of carbonyl (C=O) groups excluding carboxylic acids is 1. The largest absolute Gasteiger partial charge is 0.465 e. The Morgan fingerprint density at radius 1 is 1.33 bits per heavy atom. The molecule has 1 fully saturated rings. The summed E-state index contributed by atoms with van der Waals surface area (Å²) in [6.07, 6.45) is 8.03. The van der Waals surface area contributed by atoms with Gasteiger partial charge in [-0.1, -0.05) is 32.6 Å². The monoisotopic (exact) mass is 213 g/mol. The Morgan fingerprint density at radius 2 is 2.13 bits per heavy atom. The van der Waals surface area contributed by atoms with Crippen molar-refractivity contribution in [1.29, 1.82) is 0 Å². The summed E-state index contributed by atoms with van der Waals surface area (Å²) in [5, 5.41) is 3.14. The van der Waals surface area contributed by atoms with Crippen LogP contribution >= 0.6 is 0 Å². The topological polar surface area (TPSA) is 38.3 Å². The minimum absolute atomic E-state index is 0.0272. The third-order valence-corrected chi connectivity index (χ3v) is 2.84. The van der Waals surface area contributed by atoms with Crippen LogP contribution in [0.5, 0.6) is 0 Å². The van der Waals surface area contributed by atoms with Gasteiger partial charge in [0.2, 0.25) is 0 Å². The van der Waals surface area contributed by atoms with Crippen molar-refractivity contribution in [3.63, 3.8) is 0 Å². The summed E-state index contributed by atoms with van der Waals surface area (Å²) in [6, 6.07) is -0.0272. The first-order valence-electron chi connectivity index (χ1n) is 6.24. The second-order valence-electron chi connectivity index (χ2n) is 4.23. The summed E-state index contributed by atoms with van der Waals surface area (Å²) in [4.78, 5) is 11.4. The Labute approximate surface area is 92.6 Å². The molecule has 1 heterocycles. The zero-order chi connectivity index (χ0) is 10.9. The van der Waals surface area contributed by atoms with Crippen molar-refractivity contribution >= 4 is 5.97 Å². The second kappa shape index (κ2) is 7.69. The Kier molecular flexibility index (Phi) is 6.41. The molecule has 0 spiro atoms. The quantitative estimate of drug-likeness (QED) is 0.520. The minimum atomic E-state index is -0.0528. The first kappa shape index (κ1) is 12.5. The van der Waals surface area contributed by atoms with Crippen LogP contribution in [0.4, 0.5) is 0 Å². The molecule has 1 saturated heterocycles. The average Bonchev–Trinajstić information content (AvgIpc) is 2.76. The predicted octanol–water partition coefficient (Wildman–Crippen LogP) is 2.25. The smallest absolute Gasteiger partial charge is 0.323 e. The number of rotatable bonds is 7. The summed E-state index contributed by atoms with van der Waals surface area (Å²) < 4.78 is 5.20. The molecule has 0 aromatic rings. The van der Waals surface area contributed by atoms with Crippen LogP contribution in [0.1, 0.15) is 51.9 Å². The van der Waals surface area contributed by atoms with E-state index in [9.17, 15) is 4.79 Å². The summed E-state index contributed by atoms with van der Waals surface area (Å²) in [7, 11) is 0. The molecular formula is C12H23NO2. The lowest BCUT2D eigenvalue weighted by molar-refractivity contribution is -0.145. The molecule has 0 radical (unpaired) electrons. The third kappa shape index (κ3) is 5.17. The predicted molar refractivity (Wildman–Crippen MR) is 60.7 cm³/mol. The van der Waals surface area contributed by atoms with Gasteiger partial charge in [0, 0.05) is 0 Å². The van der Waals surface area contributed by atoms with Gasteiger partial charge in [0.1, 0.15) is 6.04 Å². The fourth-order valence-corrected chi connectivity index (χ4v) is 1.86. The molecule has 1 aliphatic rings.